The maximum atomic E-state index is 4.38. The van der Waals surface area contributed by atoms with Crippen LogP contribution in [0.5, 0.6) is 0 Å². The van der Waals surface area contributed by atoms with Crippen molar-refractivity contribution in [3.63, 3.8) is 0 Å². The lowest BCUT2D eigenvalue weighted by Crippen LogP contribution is -2.08. The fraction of sp³-hybridized carbons (Fsp3) is 0.133. The Morgan fingerprint density at radius 3 is 2.81 bits per heavy atom. The normalized spacial score (nSPS) is 12.1. The van der Waals surface area contributed by atoms with Crippen molar-refractivity contribution in [1.82, 2.24) is 19.7 Å². The topological polar surface area (TPSA) is 55.6 Å². The van der Waals surface area contributed by atoms with Gasteiger partial charge in [0.15, 0.2) is 0 Å². The van der Waals surface area contributed by atoms with E-state index in [9.17, 15) is 0 Å². The first kappa shape index (κ1) is 13.8. The summed E-state index contributed by atoms with van der Waals surface area (Å²) in [5.41, 5.74) is 2.83. The SMILES string of the molecule is C[C@H](Nc1cnn(-c2ccccc2Br)c1)c1cnccn1. The number of rotatable bonds is 4. The minimum absolute atomic E-state index is 0.0653. The van der Waals surface area contributed by atoms with Crippen LogP contribution < -0.4 is 5.32 Å². The molecule has 0 unspecified atom stereocenters. The Balaban J connectivity index is 1.78. The predicted octanol–water partition coefficient (Wildman–Crippen LogP) is 3.60. The minimum atomic E-state index is 0.0653. The van der Waals surface area contributed by atoms with Gasteiger partial charge >= 0.3 is 0 Å². The quantitative estimate of drug-likeness (QED) is 0.786. The molecule has 1 N–H and O–H groups in total. The van der Waals surface area contributed by atoms with Gasteiger partial charge in [0.1, 0.15) is 0 Å². The number of nitrogens with zero attached hydrogens (tertiary/aromatic N) is 4. The van der Waals surface area contributed by atoms with Gasteiger partial charge in [-0.25, -0.2) is 4.68 Å². The molecule has 0 saturated heterocycles. The van der Waals surface area contributed by atoms with Crippen molar-refractivity contribution >= 4 is 21.6 Å². The fourth-order valence-electron chi connectivity index (χ4n) is 2.02. The summed E-state index contributed by atoms with van der Waals surface area (Å²) in [5, 5.41) is 7.75. The number of anilines is 1. The summed E-state index contributed by atoms with van der Waals surface area (Å²) in [6, 6.07) is 8.03. The zero-order valence-electron chi connectivity index (χ0n) is 11.4. The summed E-state index contributed by atoms with van der Waals surface area (Å²) in [4.78, 5) is 8.38. The second-order valence-electron chi connectivity index (χ2n) is 4.62. The molecule has 1 aromatic carbocycles. The summed E-state index contributed by atoms with van der Waals surface area (Å²) < 4.78 is 2.83. The molecule has 0 saturated carbocycles. The second kappa shape index (κ2) is 6.05. The summed E-state index contributed by atoms with van der Waals surface area (Å²) in [6.45, 7) is 2.04. The van der Waals surface area contributed by atoms with Gasteiger partial charge < -0.3 is 5.32 Å². The highest BCUT2D eigenvalue weighted by atomic mass is 79.9. The molecule has 0 aliphatic rings. The number of nitrogens with one attached hydrogen (secondary N) is 1. The van der Waals surface area contributed by atoms with Gasteiger partial charge in [-0.15, -0.1) is 0 Å². The summed E-state index contributed by atoms with van der Waals surface area (Å²) in [6.07, 6.45) is 8.87. The zero-order valence-corrected chi connectivity index (χ0v) is 13.0. The van der Waals surface area contributed by atoms with Crippen LogP contribution >= 0.6 is 15.9 Å². The highest BCUT2D eigenvalue weighted by Crippen LogP contribution is 2.22. The summed E-state index contributed by atoms with van der Waals surface area (Å²) in [7, 11) is 0. The predicted molar refractivity (Wildman–Crippen MR) is 85.3 cm³/mol. The highest BCUT2D eigenvalue weighted by Gasteiger charge is 2.09. The monoisotopic (exact) mass is 343 g/mol. The van der Waals surface area contributed by atoms with Crippen LogP contribution in [0.25, 0.3) is 5.69 Å². The summed E-state index contributed by atoms with van der Waals surface area (Å²) >= 11 is 3.53. The van der Waals surface area contributed by atoms with E-state index in [2.05, 4.69) is 36.3 Å². The molecule has 0 bridgehead atoms. The lowest BCUT2D eigenvalue weighted by atomic mass is 10.2. The molecule has 3 rings (SSSR count). The Labute approximate surface area is 131 Å². The van der Waals surface area contributed by atoms with Gasteiger partial charge in [-0.2, -0.15) is 5.10 Å². The van der Waals surface area contributed by atoms with Crippen molar-refractivity contribution in [2.75, 3.05) is 5.32 Å². The van der Waals surface area contributed by atoms with Gasteiger partial charge in [-0.05, 0) is 35.0 Å². The molecule has 106 valence electrons. The lowest BCUT2D eigenvalue weighted by Gasteiger charge is -2.12. The molecular formula is C15H14BrN5. The number of hydrogen-bond donors (Lipinski definition) is 1. The van der Waals surface area contributed by atoms with Gasteiger partial charge in [-0.1, -0.05) is 12.1 Å². The Hall–Kier alpha value is -2.21. The second-order valence-corrected chi connectivity index (χ2v) is 5.48. The van der Waals surface area contributed by atoms with Crippen LogP contribution in [0.3, 0.4) is 0 Å². The first-order valence-electron chi connectivity index (χ1n) is 6.56. The molecule has 3 aromatic rings. The average Bonchev–Trinajstić information content (AvgIpc) is 2.97. The molecular weight excluding hydrogens is 330 g/mol. The Morgan fingerprint density at radius 2 is 2.05 bits per heavy atom. The molecule has 0 fully saturated rings. The van der Waals surface area contributed by atoms with Crippen molar-refractivity contribution in [3.8, 4) is 5.69 Å². The standard InChI is InChI=1S/C15H14BrN5/c1-11(14-9-17-6-7-18-14)20-12-8-19-21(10-12)15-5-3-2-4-13(15)16/h2-11,20H,1H3/t11-/m0/s1. The van der Waals surface area contributed by atoms with E-state index in [4.69, 9.17) is 0 Å². The van der Waals surface area contributed by atoms with E-state index in [1.54, 1.807) is 24.8 Å². The molecule has 5 nitrogen and oxygen atoms in total. The van der Waals surface area contributed by atoms with Gasteiger partial charge in [0.25, 0.3) is 0 Å². The minimum Gasteiger partial charge on any atom is -0.374 e. The third-order valence-electron chi connectivity index (χ3n) is 3.09. The maximum Gasteiger partial charge on any atom is 0.0806 e. The van der Waals surface area contributed by atoms with Crippen molar-refractivity contribution in [3.05, 3.63) is 65.4 Å². The van der Waals surface area contributed by atoms with Crippen LogP contribution in [-0.2, 0) is 0 Å². The molecule has 0 radical (unpaired) electrons. The zero-order chi connectivity index (χ0) is 14.7. The van der Waals surface area contributed by atoms with Gasteiger partial charge in [0, 0.05) is 16.9 Å². The van der Waals surface area contributed by atoms with Crippen LogP contribution in [-0.4, -0.2) is 19.7 Å². The van der Waals surface area contributed by atoms with Crippen LogP contribution in [0.15, 0.2) is 59.7 Å². The number of benzene rings is 1. The first-order valence-corrected chi connectivity index (χ1v) is 7.35. The number of halogens is 1. The van der Waals surface area contributed by atoms with E-state index in [0.717, 1.165) is 21.5 Å². The smallest absolute Gasteiger partial charge is 0.0806 e. The largest absolute Gasteiger partial charge is 0.374 e. The number of para-hydroxylation sites is 1. The third-order valence-corrected chi connectivity index (χ3v) is 3.76. The molecule has 21 heavy (non-hydrogen) atoms. The maximum absolute atomic E-state index is 4.38. The molecule has 2 heterocycles. The van der Waals surface area contributed by atoms with E-state index in [0.29, 0.717) is 0 Å². The highest BCUT2D eigenvalue weighted by molar-refractivity contribution is 9.10. The number of aromatic nitrogens is 4. The molecule has 0 aliphatic heterocycles. The molecule has 6 heteroatoms. The van der Waals surface area contributed by atoms with E-state index in [1.807, 2.05) is 42.1 Å². The van der Waals surface area contributed by atoms with Crippen LogP contribution in [0.2, 0.25) is 0 Å². The van der Waals surface area contributed by atoms with Crippen molar-refractivity contribution in [2.24, 2.45) is 0 Å². The van der Waals surface area contributed by atoms with Crippen LogP contribution in [0, 0.1) is 0 Å². The van der Waals surface area contributed by atoms with Crippen molar-refractivity contribution < 1.29 is 0 Å². The van der Waals surface area contributed by atoms with Crippen molar-refractivity contribution in [2.45, 2.75) is 13.0 Å². The van der Waals surface area contributed by atoms with E-state index >= 15 is 0 Å². The lowest BCUT2D eigenvalue weighted by molar-refractivity contribution is 0.827. The van der Waals surface area contributed by atoms with Crippen molar-refractivity contribution in [1.29, 1.82) is 0 Å². The van der Waals surface area contributed by atoms with Crippen LogP contribution in [0.4, 0.5) is 5.69 Å². The molecule has 1 atom stereocenters. The Bertz CT molecular complexity index is 726. The Kier molecular flexibility index (Phi) is 3.96. The van der Waals surface area contributed by atoms with Gasteiger partial charge in [0.2, 0.25) is 0 Å². The van der Waals surface area contributed by atoms with Gasteiger partial charge in [-0.3, -0.25) is 9.97 Å². The average molecular weight is 344 g/mol. The Morgan fingerprint density at radius 1 is 1.19 bits per heavy atom. The summed E-state index contributed by atoms with van der Waals surface area (Å²) in [5.74, 6) is 0. The van der Waals surface area contributed by atoms with Gasteiger partial charge in [0.05, 0.1) is 41.7 Å². The molecule has 0 aliphatic carbocycles. The fourth-order valence-corrected chi connectivity index (χ4v) is 2.49. The number of hydrogen-bond acceptors (Lipinski definition) is 4. The molecule has 2 aromatic heterocycles. The van der Waals surface area contributed by atoms with Crippen LogP contribution in [0.1, 0.15) is 18.7 Å². The molecule has 0 spiro atoms. The van der Waals surface area contributed by atoms with E-state index < -0.39 is 0 Å². The molecule has 0 amide bonds. The first-order chi connectivity index (χ1) is 10.2. The third kappa shape index (κ3) is 3.11. The van der Waals surface area contributed by atoms with E-state index in [-0.39, 0.29) is 6.04 Å². The van der Waals surface area contributed by atoms with E-state index in [1.165, 1.54) is 0 Å².